The third-order valence-corrected chi connectivity index (χ3v) is 4.06. The predicted molar refractivity (Wildman–Crippen MR) is 100 cm³/mol. The monoisotopic (exact) mass is 341 g/mol. The molecular formula is C20H39NO3. The van der Waals surface area contributed by atoms with Crippen LogP contribution in [0.3, 0.4) is 0 Å². The lowest BCUT2D eigenvalue weighted by Gasteiger charge is -2.33. The van der Waals surface area contributed by atoms with Crippen molar-refractivity contribution in [2.75, 3.05) is 6.61 Å². The van der Waals surface area contributed by atoms with Crippen LogP contribution in [-0.2, 0) is 14.3 Å². The van der Waals surface area contributed by atoms with Gasteiger partial charge < -0.3 is 10.1 Å². The summed E-state index contributed by atoms with van der Waals surface area (Å²) in [5, 5.41) is 3.02. The topological polar surface area (TPSA) is 55.4 Å². The first-order chi connectivity index (χ1) is 10.7. The summed E-state index contributed by atoms with van der Waals surface area (Å²) in [6.45, 7) is 18.7. The van der Waals surface area contributed by atoms with Crippen LogP contribution in [0.5, 0.6) is 0 Å². The molecule has 1 atom stereocenters. The van der Waals surface area contributed by atoms with Crippen LogP contribution in [0.15, 0.2) is 0 Å². The van der Waals surface area contributed by atoms with Crippen LogP contribution < -0.4 is 5.32 Å². The molecule has 0 saturated carbocycles. The third kappa shape index (κ3) is 9.41. The van der Waals surface area contributed by atoms with Crippen molar-refractivity contribution in [2.45, 2.75) is 99.6 Å². The molecule has 1 unspecified atom stereocenters. The summed E-state index contributed by atoms with van der Waals surface area (Å²) in [5.41, 5.74) is -0.622. The lowest BCUT2D eigenvalue weighted by Crippen LogP contribution is -2.44. The minimum Gasteiger partial charge on any atom is -0.371 e. The van der Waals surface area contributed by atoms with Gasteiger partial charge >= 0.3 is 0 Å². The molecule has 0 saturated heterocycles. The average molecular weight is 342 g/mol. The van der Waals surface area contributed by atoms with E-state index in [1.165, 1.54) is 0 Å². The zero-order valence-corrected chi connectivity index (χ0v) is 17.3. The number of carbonyl (C=O) groups is 2. The predicted octanol–water partition coefficient (Wildman–Crippen LogP) is 4.51. The van der Waals surface area contributed by atoms with Gasteiger partial charge in [0, 0.05) is 24.0 Å². The summed E-state index contributed by atoms with van der Waals surface area (Å²) in [6.07, 6.45) is 2.46. The van der Waals surface area contributed by atoms with E-state index in [4.69, 9.17) is 4.74 Å². The van der Waals surface area contributed by atoms with E-state index in [0.29, 0.717) is 19.4 Å². The Morgan fingerprint density at radius 2 is 1.58 bits per heavy atom. The van der Waals surface area contributed by atoms with Crippen LogP contribution in [0.4, 0.5) is 0 Å². The van der Waals surface area contributed by atoms with Crippen LogP contribution in [0, 0.1) is 10.8 Å². The first kappa shape index (κ1) is 23.1. The smallest absolute Gasteiger partial charge is 0.220 e. The maximum atomic E-state index is 12.7. The van der Waals surface area contributed by atoms with Gasteiger partial charge in [-0.2, -0.15) is 0 Å². The molecule has 0 fully saturated rings. The number of hydrogen-bond donors (Lipinski definition) is 1. The molecule has 0 aliphatic carbocycles. The molecular weight excluding hydrogens is 302 g/mol. The zero-order chi connectivity index (χ0) is 19.2. The molecule has 0 radical (unpaired) electrons. The summed E-state index contributed by atoms with van der Waals surface area (Å²) in [5.74, 6) is 0.211. The first-order valence-corrected chi connectivity index (χ1v) is 9.17. The Kier molecular flexibility index (Phi) is 8.64. The van der Waals surface area contributed by atoms with Gasteiger partial charge in [-0.05, 0) is 45.4 Å². The molecule has 0 spiro atoms. The largest absolute Gasteiger partial charge is 0.371 e. The average Bonchev–Trinajstić information content (AvgIpc) is 2.33. The maximum Gasteiger partial charge on any atom is 0.220 e. The molecule has 0 aromatic rings. The first-order valence-electron chi connectivity index (χ1n) is 9.17. The quantitative estimate of drug-likeness (QED) is 0.636. The fourth-order valence-corrected chi connectivity index (χ4v) is 3.26. The van der Waals surface area contributed by atoms with Crippen molar-refractivity contribution < 1.29 is 14.3 Å². The van der Waals surface area contributed by atoms with Gasteiger partial charge in [-0.25, -0.2) is 0 Å². The second kappa shape index (κ2) is 8.98. The Labute approximate surface area is 149 Å². The second-order valence-electron chi connectivity index (χ2n) is 9.43. The number of Topliss-reactive ketones (excluding diaryl/α,β-unsaturated/α-hetero) is 1. The highest BCUT2D eigenvalue weighted by atomic mass is 16.5. The van der Waals surface area contributed by atoms with Crippen LogP contribution in [0.1, 0.15) is 88.0 Å². The van der Waals surface area contributed by atoms with E-state index >= 15 is 0 Å². The van der Waals surface area contributed by atoms with Crippen molar-refractivity contribution in [2.24, 2.45) is 10.8 Å². The summed E-state index contributed by atoms with van der Waals surface area (Å²) in [4.78, 5) is 24.4. The van der Waals surface area contributed by atoms with Crippen LogP contribution in [0.25, 0.3) is 0 Å². The molecule has 0 aliphatic rings. The van der Waals surface area contributed by atoms with Crippen molar-refractivity contribution in [1.82, 2.24) is 5.32 Å². The number of nitrogens with one attached hydrogen (secondary N) is 1. The van der Waals surface area contributed by atoms with Crippen molar-refractivity contribution in [3.8, 4) is 0 Å². The molecule has 0 aromatic heterocycles. The number of amides is 1. The number of carbonyl (C=O) groups excluding carboxylic acids is 2. The van der Waals surface area contributed by atoms with Crippen LogP contribution in [-0.4, -0.2) is 29.9 Å². The highest BCUT2D eigenvalue weighted by Gasteiger charge is 2.35. The normalized spacial score (nSPS) is 14.4. The minimum absolute atomic E-state index is 0.0675. The SMILES string of the molecule is CCCC(=O)NC(C)(C)CCOC(C)C(=O)C(C)(C)CC(C)(C)C. The standard InChI is InChI=1S/C20H39NO3/c1-10-11-16(22)21-20(8,9)12-13-24-15(2)17(23)19(6,7)14-18(3,4)5/h15H,10-14H2,1-9H3,(H,21,22). The van der Waals surface area contributed by atoms with E-state index in [9.17, 15) is 9.59 Å². The van der Waals surface area contributed by atoms with Gasteiger partial charge in [-0.3, -0.25) is 9.59 Å². The Hall–Kier alpha value is -0.900. The second-order valence-corrected chi connectivity index (χ2v) is 9.43. The molecule has 0 heterocycles. The maximum absolute atomic E-state index is 12.7. The number of ketones is 1. The van der Waals surface area contributed by atoms with E-state index in [2.05, 4.69) is 26.1 Å². The Bertz CT molecular complexity index is 419. The third-order valence-electron chi connectivity index (χ3n) is 4.06. The zero-order valence-electron chi connectivity index (χ0n) is 17.3. The molecule has 24 heavy (non-hydrogen) atoms. The van der Waals surface area contributed by atoms with Gasteiger partial charge in [0.1, 0.15) is 6.10 Å². The van der Waals surface area contributed by atoms with Crippen LogP contribution >= 0.6 is 0 Å². The summed E-state index contributed by atoms with van der Waals surface area (Å²) >= 11 is 0. The molecule has 1 amide bonds. The van der Waals surface area contributed by atoms with E-state index in [-0.39, 0.29) is 22.6 Å². The molecule has 4 heteroatoms. The summed E-state index contributed by atoms with van der Waals surface area (Å²) in [6, 6.07) is 0. The van der Waals surface area contributed by atoms with Gasteiger partial charge in [0.15, 0.2) is 5.78 Å². The van der Waals surface area contributed by atoms with E-state index in [0.717, 1.165) is 12.8 Å². The van der Waals surface area contributed by atoms with E-state index in [1.807, 2.05) is 41.5 Å². The van der Waals surface area contributed by atoms with Crippen molar-refractivity contribution >= 4 is 11.7 Å². The van der Waals surface area contributed by atoms with Gasteiger partial charge in [-0.15, -0.1) is 0 Å². The van der Waals surface area contributed by atoms with Crippen molar-refractivity contribution in [3.05, 3.63) is 0 Å². The minimum atomic E-state index is -0.426. The molecule has 0 bridgehead atoms. The Balaban J connectivity index is 4.45. The van der Waals surface area contributed by atoms with Crippen molar-refractivity contribution in [3.63, 3.8) is 0 Å². The number of hydrogen-bond acceptors (Lipinski definition) is 3. The molecule has 0 rings (SSSR count). The van der Waals surface area contributed by atoms with Crippen molar-refractivity contribution in [1.29, 1.82) is 0 Å². The lowest BCUT2D eigenvalue weighted by atomic mass is 9.73. The summed E-state index contributed by atoms with van der Waals surface area (Å²) in [7, 11) is 0. The fraction of sp³-hybridized carbons (Fsp3) is 0.900. The number of ether oxygens (including phenoxy) is 1. The molecule has 142 valence electrons. The Morgan fingerprint density at radius 1 is 1.04 bits per heavy atom. The number of rotatable bonds is 10. The van der Waals surface area contributed by atoms with Crippen LogP contribution in [0.2, 0.25) is 0 Å². The van der Waals surface area contributed by atoms with Gasteiger partial charge in [-0.1, -0.05) is 41.5 Å². The summed E-state index contributed by atoms with van der Waals surface area (Å²) < 4.78 is 5.78. The molecule has 0 aromatic carbocycles. The Morgan fingerprint density at radius 3 is 2.04 bits per heavy atom. The fourth-order valence-electron chi connectivity index (χ4n) is 3.26. The lowest BCUT2D eigenvalue weighted by molar-refractivity contribution is -0.140. The van der Waals surface area contributed by atoms with Gasteiger partial charge in [0.05, 0.1) is 0 Å². The van der Waals surface area contributed by atoms with E-state index < -0.39 is 11.5 Å². The van der Waals surface area contributed by atoms with Gasteiger partial charge in [0.25, 0.3) is 0 Å². The molecule has 4 nitrogen and oxygen atoms in total. The highest BCUT2D eigenvalue weighted by molar-refractivity contribution is 5.88. The molecule has 0 aliphatic heterocycles. The highest BCUT2D eigenvalue weighted by Crippen LogP contribution is 2.35. The molecule has 1 N–H and O–H groups in total. The van der Waals surface area contributed by atoms with E-state index in [1.54, 1.807) is 0 Å². The van der Waals surface area contributed by atoms with Gasteiger partial charge in [0.2, 0.25) is 5.91 Å².